The van der Waals surface area contributed by atoms with Gasteiger partial charge in [0.1, 0.15) is 0 Å². The smallest absolute Gasteiger partial charge is 0.205 e. The Morgan fingerprint density at radius 3 is 2.52 bits per heavy atom. The summed E-state index contributed by atoms with van der Waals surface area (Å²) >= 11 is 5.30. The van der Waals surface area contributed by atoms with Crippen LogP contribution in [-0.4, -0.2) is 20.0 Å². The molecular formula is C18H18BrN3S. The van der Waals surface area contributed by atoms with Crippen molar-refractivity contribution in [2.45, 2.75) is 43.0 Å². The standard InChI is InChI=1S/C18H18BrN3S/c1-11(2)23-18-21-20-17(19)22(18)16-10-9-13(12-7-8-12)14-5-3-4-6-15(14)16/h3-6,9-12H,7-8H2,1-2H3. The molecule has 0 aliphatic heterocycles. The van der Waals surface area contributed by atoms with E-state index in [0.29, 0.717) is 5.25 Å². The SMILES string of the molecule is CC(C)Sc1nnc(Br)n1-c1ccc(C2CC2)c2ccccc12. The van der Waals surface area contributed by atoms with Crippen LogP contribution >= 0.6 is 27.7 Å². The minimum absolute atomic E-state index is 0.460. The number of rotatable bonds is 4. The van der Waals surface area contributed by atoms with E-state index in [1.54, 1.807) is 11.8 Å². The fraction of sp³-hybridized carbons (Fsp3) is 0.333. The van der Waals surface area contributed by atoms with Gasteiger partial charge in [-0.25, -0.2) is 0 Å². The normalized spacial score (nSPS) is 14.8. The van der Waals surface area contributed by atoms with Crippen molar-refractivity contribution in [1.82, 2.24) is 14.8 Å². The predicted molar refractivity (Wildman–Crippen MR) is 99.5 cm³/mol. The Balaban J connectivity index is 1.93. The summed E-state index contributed by atoms with van der Waals surface area (Å²) in [5, 5.41) is 12.6. The van der Waals surface area contributed by atoms with Gasteiger partial charge in [0.05, 0.1) is 5.69 Å². The molecule has 0 atom stereocenters. The third-order valence-corrected chi connectivity index (χ3v) is 5.59. The van der Waals surface area contributed by atoms with Crippen molar-refractivity contribution < 1.29 is 0 Å². The summed E-state index contributed by atoms with van der Waals surface area (Å²) in [5.41, 5.74) is 2.62. The minimum Gasteiger partial charge on any atom is -0.264 e. The molecule has 118 valence electrons. The van der Waals surface area contributed by atoms with Crippen LogP contribution in [0.2, 0.25) is 0 Å². The molecule has 1 aliphatic carbocycles. The third kappa shape index (κ3) is 2.81. The highest BCUT2D eigenvalue weighted by atomic mass is 79.9. The highest BCUT2D eigenvalue weighted by Gasteiger charge is 2.26. The molecule has 1 heterocycles. The van der Waals surface area contributed by atoms with Crippen molar-refractivity contribution in [2.75, 3.05) is 0 Å². The zero-order valence-corrected chi connectivity index (χ0v) is 15.6. The zero-order chi connectivity index (χ0) is 16.0. The number of thioether (sulfide) groups is 1. The van der Waals surface area contributed by atoms with Crippen LogP contribution in [-0.2, 0) is 0 Å². The van der Waals surface area contributed by atoms with Crippen LogP contribution in [0.25, 0.3) is 16.5 Å². The van der Waals surface area contributed by atoms with Crippen molar-refractivity contribution in [3.8, 4) is 5.69 Å². The number of halogens is 1. The van der Waals surface area contributed by atoms with Crippen molar-refractivity contribution in [3.05, 3.63) is 46.7 Å². The monoisotopic (exact) mass is 387 g/mol. The quantitative estimate of drug-likeness (QED) is 0.548. The van der Waals surface area contributed by atoms with Crippen molar-refractivity contribution in [2.24, 2.45) is 0 Å². The molecule has 3 aromatic rings. The topological polar surface area (TPSA) is 30.7 Å². The first-order chi connectivity index (χ1) is 11.1. The van der Waals surface area contributed by atoms with Crippen LogP contribution in [0.3, 0.4) is 0 Å². The van der Waals surface area contributed by atoms with Gasteiger partial charge in [-0.1, -0.05) is 55.9 Å². The summed E-state index contributed by atoms with van der Waals surface area (Å²) in [6.07, 6.45) is 2.63. The van der Waals surface area contributed by atoms with Gasteiger partial charge in [-0.05, 0) is 51.7 Å². The fourth-order valence-electron chi connectivity index (χ4n) is 2.99. The molecule has 23 heavy (non-hydrogen) atoms. The second kappa shape index (κ2) is 5.95. The van der Waals surface area contributed by atoms with E-state index < -0.39 is 0 Å². The second-order valence-corrected chi connectivity index (χ2v) is 8.50. The molecule has 1 saturated carbocycles. The molecule has 0 bridgehead atoms. The van der Waals surface area contributed by atoms with E-state index in [1.807, 2.05) is 0 Å². The van der Waals surface area contributed by atoms with Gasteiger partial charge < -0.3 is 0 Å². The maximum atomic E-state index is 4.34. The van der Waals surface area contributed by atoms with Gasteiger partial charge in [-0.3, -0.25) is 4.57 Å². The zero-order valence-electron chi connectivity index (χ0n) is 13.2. The summed E-state index contributed by atoms with van der Waals surface area (Å²) in [4.78, 5) is 0. The molecule has 1 aromatic heterocycles. The van der Waals surface area contributed by atoms with Gasteiger partial charge in [-0.15, -0.1) is 10.2 Å². The molecule has 0 amide bonds. The molecule has 5 heteroatoms. The van der Waals surface area contributed by atoms with Gasteiger partial charge in [-0.2, -0.15) is 0 Å². The van der Waals surface area contributed by atoms with E-state index in [0.717, 1.165) is 21.5 Å². The highest BCUT2D eigenvalue weighted by Crippen LogP contribution is 2.44. The van der Waals surface area contributed by atoms with E-state index in [1.165, 1.54) is 29.2 Å². The average molecular weight is 388 g/mol. The number of aromatic nitrogens is 3. The Labute approximate surface area is 148 Å². The van der Waals surface area contributed by atoms with Crippen molar-refractivity contribution >= 4 is 38.5 Å². The summed E-state index contributed by atoms with van der Waals surface area (Å²) < 4.78 is 2.87. The van der Waals surface area contributed by atoms with Crippen LogP contribution in [0.1, 0.15) is 38.2 Å². The van der Waals surface area contributed by atoms with Gasteiger partial charge in [0.15, 0.2) is 5.16 Å². The lowest BCUT2D eigenvalue weighted by molar-refractivity contribution is 0.875. The Kier molecular flexibility index (Phi) is 3.93. The van der Waals surface area contributed by atoms with Gasteiger partial charge in [0.2, 0.25) is 4.73 Å². The number of hydrogen-bond acceptors (Lipinski definition) is 3. The summed E-state index contributed by atoms with van der Waals surface area (Å²) in [5.74, 6) is 0.739. The molecule has 0 spiro atoms. The Morgan fingerprint density at radius 1 is 1.09 bits per heavy atom. The molecule has 1 fully saturated rings. The third-order valence-electron chi connectivity index (χ3n) is 4.13. The Hall–Kier alpha value is -1.33. The molecule has 1 aliphatic rings. The van der Waals surface area contributed by atoms with Crippen LogP contribution in [0.5, 0.6) is 0 Å². The highest BCUT2D eigenvalue weighted by molar-refractivity contribution is 9.10. The lowest BCUT2D eigenvalue weighted by Gasteiger charge is -2.14. The molecule has 3 nitrogen and oxygen atoms in total. The average Bonchev–Trinajstić information content (AvgIpc) is 3.31. The number of hydrogen-bond donors (Lipinski definition) is 0. The fourth-order valence-corrected chi connectivity index (χ4v) is 4.35. The van der Waals surface area contributed by atoms with Crippen molar-refractivity contribution in [3.63, 3.8) is 0 Å². The Bertz CT molecular complexity index is 868. The van der Waals surface area contributed by atoms with Gasteiger partial charge >= 0.3 is 0 Å². The molecular weight excluding hydrogens is 370 g/mol. The first kappa shape index (κ1) is 15.2. The van der Waals surface area contributed by atoms with Crippen LogP contribution in [0.15, 0.2) is 46.3 Å². The summed E-state index contributed by atoms with van der Waals surface area (Å²) in [6, 6.07) is 13.2. The van der Waals surface area contributed by atoms with E-state index in [2.05, 4.69) is 80.9 Å². The van der Waals surface area contributed by atoms with Crippen LogP contribution in [0, 0.1) is 0 Å². The van der Waals surface area contributed by atoms with Crippen molar-refractivity contribution in [1.29, 1.82) is 0 Å². The lowest BCUT2D eigenvalue weighted by Crippen LogP contribution is -2.01. The van der Waals surface area contributed by atoms with E-state index in [9.17, 15) is 0 Å². The molecule has 2 aromatic carbocycles. The van der Waals surface area contributed by atoms with Gasteiger partial charge in [0.25, 0.3) is 0 Å². The van der Waals surface area contributed by atoms with Crippen LogP contribution < -0.4 is 0 Å². The molecule has 0 saturated heterocycles. The first-order valence-electron chi connectivity index (χ1n) is 7.94. The maximum Gasteiger partial charge on any atom is 0.205 e. The Morgan fingerprint density at radius 2 is 1.83 bits per heavy atom. The summed E-state index contributed by atoms with van der Waals surface area (Å²) in [7, 11) is 0. The number of fused-ring (bicyclic) bond motifs is 1. The van der Waals surface area contributed by atoms with Gasteiger partial charge in [0, 0.05) is 10.6 Å². The van der Waals surface area contributed by atoms with E-state index in [-0.39, 0.29) is 0 Å². The molecule has 0 N–H and O–H groups in total. The minimum atomic E-state index is 0.460. The first-order valence-corrected chi connectivity index (χ1v) is 9.62. The number of benzene rings is 2. The molecule has 0 unspecified atom stereocenters. The molecule has 0 radical (unpaired) electrons. The van der Waals surface area contributed by atoms with E-state index >= 15 is 0 Å². The predicted octanol–water partition coefficient (Wildman–Crippen LogP) is 5.56. The maximum absolute atomic E-state index is 4.34. The number of nitrogens with zero attached hydrogens (tertiary/aromatic N) is 3. The summed E-state index contributed by atoms with van der Waals surface area (Å²) in [6.45, 7) is 4.35. The van der Waals surface area contributed by atoms with E-state index in [4.69, 9.17) is 0 Å². The van der Waals surface area contributed by atoms with Crippen LogP contribution in [0.4, 0.5) is 0 Å². The largest absolute Gasteiger partial charge is 0.264 e. The molecule has 4 rings (SSSR count). The second-order valence-electron chi connectivity index (χ2n) is 6.25. The lowest BCUT2D eigenvalue weighted by atomic mass is 9.99.